The van der Waals surface area contributed by atoms with Crippen LogP contribution in [0.2, 0.25) is 0 Å². The van der Waals surface area contributed by atoms with Gasteiger partial charge in [0.2, 0.25) is 0 Å². The predicted octanol–water partition coefficient (Wildman–Crippen LogP) is 1.32. The molecule has 3 heteroatoms. The molecule has 2 atom stereocenters. The third-order valence-electron chi connectivity index (χ3n) is 4.14. The van der Waals surface area contributed by atoms with Crippen molar-refractivity contribution in [2.24, 2.45) is 0 Å². The number of rotatable bonds is 4. The lowest BCUT2D eigenvalue weighted by Gasteiger charge is -2.20. The Morgan fingerprint density at radius 2 is 1.89 bits per heavy atom. The van der Waals surface area contributed by atoms with Gasteiger partial charge < -0.3 is 10.6 Å². The van der Waals surface area contributed by atoms with Gasteiger partial charge in [-0.25, -0.2) is 0 Å². The van der Waals surface area contributed by atoms with Crippen molar-refractivity contribution in [1.82, 2.24) is 5.32 Å². The Kier molecular flexibility index (Phi) is 4.59. The van der Waals surface area contributed by atoms with Gasteiger partial charge in [-0.15, -0.1) is 0 Å². The summed E-state index contributed by atoms with van der Waals surface area (Å²) in [6.07, 6.45) is 5.06. The highest BCUT2D eigenvalue weighted by Crippen LogP contribution is 2.23. The lowest BCUT2D eigenvalue weighted by Crippen LogP contribution is -2.92. The third kappa shape index (κ3) is 3.35. The van der Waals surface area contributed by atoms with Crippen LogP contribution in [-0.4, -0.2) is 19.0 Å². The minimum Gasteiger partial charge on any atom is -0.354 e. The Hall–Kier alpha value is -1.35. The van der Waals surface area contributed by atoms with Gasteiger partial charge >= 0.3 is 0 Å². The van der Waals surface area contributed by atoms with Crippen LogP contribution in [0.25, 0.3) is 0 Å². The van der Waals surface area contributed by atoms with E-state index in [1.54, 1.807) is 7.05 Å². The van der Waals surface area contributed by atoms with E-state index in [2.05, 4.69) is 35.8 Å². The van der Waals surface area contributed by atoms with Crippen LogP contribution in [-0.2, 0) is 17.6 Å². The zero-order valence-electron chi connectivity index (χ0n) is 12.2. The summed E-state index contributed by atoms with van der Waals surface area (Å²) in [4.78, 5) is 11.6. The summed E-state index contributed by atoms with van der Waals surface area (Å²) >= 11 is 0. The molecule has 0 radical (unpaired) electrons. The molecule has 0 heterocycles. The van der Waals surface area contributed by atoms with Crippen LogP contribution in [0.5, 0.6) is 0 Å². The highest BCUT2D eigenvalue weighted by Gasteiger charge is 2.20. The summed E-state index contributed by atoms with van der Waals surface area (Å²) in [7, 11) is 1.69. The number of fused-ring (bicyclic) bond motifs is 1. The van der Waals surface area contributed by atoms with Gasteiger partial charge in [0.1, 0.15) is 6.04 Å². The molecule has 0 bridgehead atoms. The minimum atomic E-state index is -0.0453. The number of benzene rings is 1. The first-order chi connectivity index (χ1) is 9.11. The summed E-state index contributed by atoms with van der Waals surface area (Å²) in [6, 6.07) is 7.11. The zero-order chi connectivity index (χ0) is 13.8. The van der Waals surface area contributed by atoms with Crippen molar-refractivity contribution in [3.63, 3.8) is 0 Å². The highest BCUT2D eigenvalue weighted by molar-refractivity contribution is 5.79. The number of likely N-dealkylation sites (N-methyl/N-ethyl adjacent to an activating group) is 1. The first-order valence-electron chi connectivity index (χ1n) is 7.30. The molecule has 104 valence electrons. The van der Waals surface area contributed by atoms with Crippen molar-refractivity contribution in [1.29, 1.82) is 0 Å². The molecule has 1 aliphatic rings. The fourth-order valence-corrected chi connectivity index (χ4v) is 2.90. The van der Waals surface area contributed by atoms with Crippen molar-refractivity contribution in [2.45, 2.75) is 51.6 Å². The molecule has 0 aliphatic heterocycles. The van der Waals surface area contributed by atoms with E-state index in [1.807, 2.05) is 6.92 Å². The predicted molar refractivity (Wildman–Crippen MR) is 77.0 cm³/mol. The molecule has 0 saturated heterocycles. The van der Waals surface area contributed by atoms with Gasteiger partial charge in [-0.2, -0.15) is 0 Å². The van der Waals surface area contributed by atoms with E-state index < -0.39 is 0 Å². The molecule has 2 rings (SSSR count). The molecule has 3 N–H and O–H groups in total. The summed E-state index contributed by atoms with van der Waals surface area (Å²) in [5.74, 6) is 0.0878. The largest absolute Gasteiger partial charge is 0.354 e. The molecule has 3 nitrogen and oxygen atoms in total. The molecule has 19 heavy (non-hydrogen) atoms. The molecule has 0 saturated carbocycles. The molecule has 0 unspecified atom stereocenters. The molecule has 1 aromatic rings. The SMILES string of the molecule is CNC(=O)[C@H](C)[NH2+][C@@H](C)c1ccc2c(c1)CCCC2. The molecular formula is C16H25N2O+. The Morgan fingerprint density at radius 1 is 1.21 bits per heavy atom. The van der Waals surface area contributed by atoms with E-state index in [0.717, 1.165) is 0 Å². The zero-order valence-corrected chi connectivity index (χ0v) is 12.2. The molecule has 1 aliphatic carbocycles. The lowest BCUT2D eigenvalue weighted by molar-refractivity contribution is -0.710. The molecule has 0 spiro atoms. The number of nitrogens with one attached hydrogen (secondary N) is 1. The number of quaternary nitrogens is 1. The quantitative estimate of drug-likeness (QED) is 0.844. The number of carbonyl (C=O) groups excluding carboxylic acids is 1. The summed E-state index contributed by atoms with van der Waals surface area (Å²) in [6.45, 7) is 4.12. The fraction of sp³-hybridized carbons (Fsp3) is 0.562. The van der Waals surface area contributed by atoms with Crippen LogP contribution in [0, 0.1) is 0 Å². The highest BCUT2D eigenvalue weighted by atomic mass is 16.2. The van der Waals surface area contributed by atoms with Crippen LogP contribution in [0.15, 0.2) is 18.2 Å². The van der Waals surface area contributed by atoms with Gasteiger partial charge in [-0.05, 0) is 56.7 Å². The maximum atomic E-state index is 11.6. The monoisotopic (exact) mass is 261 g/mol. The number of hydrogen-bond acceptors (Lipinski definition) is 1. The Morgan fingerprint density at radius 3 is 2.58 bits per heavy atom. The molecule has 0 aromatic heterocycles. The van der Waals surface area contributed by atoms with Gasteiger partial charge in [-0.3, -0.25) is 4.79 Å². The second kappa shape index (κ2) is 6.20. The summed E-state index contributed by atoms with van der Waals surface area (Å²) in [5, 5.41) is 4.83. The van der Waals surface area contributed by atoms with Crippen molar-refractivity contribution in [2.75, 3.05) is 7.05 Å². The van der Waals surface area contributed by atoms with Crippen LogP contribution >= 0.6 is 0 Å². The molecule has 1 aromatic carbocycles. The number of carbonyl (C=O) groups is 1. The average Bonchev–Trinajstić information content (AvgIpc) is 2.45. The molecule has 0 fully saturated rings. The number of aryl methyl sites for hydroxylation is 2. The topological polar surface area (TPSA) is 45.7 Å². The van der Waals surface area contributed by atoms with E-state index in [0.29, 0.717) is 6.04 Å². The van der Waals surface area contributed by atoms with Gasteiger partial charge in [0.05, 0.1) is 0 Å². The van der Waals surface area contributed by atoms with Crippen LogP contribution in [0.4, 0.5) is 0 Å². The van der Waals surface area contributed by atoms with E-state index in [9.17, 15) is 4.79 Å². The van der Waals surface area contributed by atoms with E-state index in [1.165, 1.54) is 42.4 Å². The number of hydrogen-bond donors (Lipinski definition) is 2. The first kappa shape index (κ1) is 14.1. The van der Waals surface area contributed by atoms with Crippen LogP contribution in [0.1, 0.15) is 49.4 Å². The van der Waals surface area contributed by atoms with Crippen molar-refractivity contribution in [3.05, 3.63) is 34.9 Å². The van der Waals surface area contributed by atoms with Crippen LogP contribution in [0.3, 0.4) is 0 Å². The number of amides is 1. The van der Waals surface area contributed by atoms with E-state index >= 15 is 0 Å². The van der Waals surface area contributed by atoms with E-state index in [4.69, 9.17) is 0 Å². The van der Waals surface area contributed by atoms with E-state index in [-0.39, 0.29) is 11.9 Å². The standard InChI is InChI=1S/C16H24N2O/c1-11(18-12(2)16(19)17-3)14-9-8-13-6-4-5-7-15(13)10-14/h8-12,18H,4-7H2,1-3H3,(H,17,19)/p+1/t11-,12-/m0/s1. The lowest BCUT2D eigenvalue weighted by atomic mass is 9.89. The van der Waals surface area contributed by atoms with Gasteiger partial charge in [0.15, 0.2) is 6.04 Å². The van der Waals surface area contributed by atoms with Crippen LogP contribution < -0.4 is 10.6 Å². The summed E-state index contributed by atoms with van der Waals surface area (Å²) in [5.41, 5.74) is 4.36. The van der Waals surface area contributed by atoms with Crippen molar-refractivity contribution < 1.29 is 10.1 Å². The second-order valence-electron chi connectivity index (χ2n) is 5.62. The fourth-order valence-electron chi connectivity index (χ4n) is 2.90. The van der Waals surface area contributed by atoms with Crippen molar-refractivity contribution >= 4 is 5.91 Å². The van der Waals surface area contributed by atoms with Gasteiger partial charge in [0, 0.05) is 12.6 Å². The van der Waals surface area contributed by atoms with Crippen molar-refractivity contribution in [3.8, 4) is 0 Å². The third-order valence-corrected chi connectivity index (χ3v) is 4.14. The molecular weight excluding hydrogens is 236 g/mol. The van der Waals surface area contributed by atoms with Gasteiger partial charge in [-0.1, -0.05) is 12.1 Å². The first-order valence-corrected chi connectivity index (χ1v) is 7.30. The minimum absolute atomic E-state index is 0.0453. The Labute approximate surface area is 115 Å². The maximum Gasteiger partial charge on any atom is 0.277 e. The average molecular weight is 261 g/mol. The Bertz CT molecular complexity index is 456. The van der Waals surface area contributed by atoms with Gasteiger partial charge in [0.25, 0.3) is 5.91 Å². The molecule has 1 amide bonds. The number of nitrogens with two attached hydrogens (primary N) is 1. The normalized spacial score (nSPS) is 17.4. The second-order valence-corrected chi connectivity index (χ2v) is 5.62. The maximum absolute atomic E-state index is 11.6. The smallest absolute Gasteiger partial charge is 0.277 e. The summed E-state index contributed by atoms with van der Waals surface area (Å²) < 4.78 is 0. The Balaban J connectivity index is 2.07.